The smallest absolute Gasteiger partial charge is 0.218 e. The van der Waals surface area contributed by atoms with Crippen LogP contribution in [0.25, 0.3) is 21.3 Å². The number of amides is 1. The second kappa shape index (κ2) is 6.97. The van der Waals surface area contributed by atoms with Crippen LogP contribution in [0.3, 0.4) is 0 Å². The Morgan fingerprint density at radius 1 is 1.30 bits per heavy atom. The van der Waals surface area contributed by atoms with Gasteiger partial charge >= 0.3 is 0 Å². The molecule has 0 fully saturated rings. The van der Waals surface area contributed by atoms with Gasteiger partial charge in [0, 0.05) is 23.1 Å². The zero-order chi connectivity index (χ0) is 16.2. The first-order valence-electron chi connectivity index (χ1n) is 6.97. The van der Waals surface area contributed by atoms with Crippen LogP contribution in [0.15, 0.2) is 41.0 Å². The average Bonchev–Trinajstić information content (AvgIpc) is 2.99. The molecule has 2 aromatic heterocycles. The molecular formula is C16H15N3O2S2. The van der Waals surface area contributed by atoms with E-state index in [-0.39, 0.29) is 5.91 Å². The molecule has 1 aromatic carbocycles. The van der Waals surface area contributed by atoms with Gasteiger partial charge in [-0.1, -0.05) is 12.1 Å². The van der Waals surface area contributed by atoms with Crippen molar-refractivity contribution < 1.29 is 9.53 Å². The molecule has 3 rings (SSSR count). The fourth-order valence-electron chi connectivity index (χ4n) is 2.19. The van der Waals surface area contributed by atoms with Crippen molar-refractivity contribution >= 4 is 39.2 Å². The Kier molecular flexibility index (Phi) is 4.78. The Morgan fingerprint density at radius 2 is 2.09 bits per heavy atom. The summed E-state index contributed by atoms with van der Waals surface area (Å²) < 4.78 is 5.20. The number of thioether (sulfide) groups is 1. The summed E-state index contributed by atoms with van der Waals surface area (Å²) in [4.78, 5) is 20.6. The number of rotatable bonds is 6. The highest BCUT2D eigenvalue weighted by atomic mass is 32.2. The molecule has 1 amide bonds. The van der Waals surface area contributed by atoms with Crippen LogP contribution in [0.2, 0.25) is 0 Å². The third kappa shape index (κ3) is 3.46. The molecule has 2 heterocycles. The number of benzene rings is 1. The first-order valence-corrected chi connectivity index (χ1v) is 8.83. The van der Waals surface area contributed by atoms with E-state index in [0.29, 0.717) is 12.2 Å². The van der Waals surface area contributed by atoms with Gasteiger partial charge in [-0.05, 0) is 17.7 Å². The van der Waals surface area contributed by atoms with Gasteiger partial charge in [0.25, 0.3) is 0 Å². The topological polar surface area (TPSA) is 78.1 Å². The molecule has 0 saturated heterocycles. The Balaban J connectivity index is 1.98. The van der Waals surface area contributed by atoms with Crippen molar-refractivity contribution in [2.45, 2.75) is 11.4 Å². The lowest BCUT2D eigenvalue weighted by Crippen LogP contribution is -2.10. The molecule has 0 aliphatic heterocycles. The van der Waals surface area contributed by atoms with Crippen molar-refractivity contribution in [2.75, 3.05) is 12.9 Å². The standard InChI is InChI=1S/C16H15N3O2S2/c1-21-11-4-2-10(3-5-11)12-8-23-16-14(12)15(18-9-19-16)22-7-6-13(17)20/h2-5,8-9H,6-7H2,1H3,(H2,17,20). The van der Waals surface area contributed by atoms with Crippen molar-refractivity contribution in [1.29, 1.82) is 0 Å². The van der Waals surface area contributed by atoms with E-state index in [4.69, 9.17) is 10.5 Å². The molecule has 0 atom stereocenters. The number of hydrogen-bond acceptors (Lipinski definition) is 6. The minimum absolute atomic E-state index is 0.302. The van der Waals surface area contributed by atoms with E-state index < -0.39 is 0 Å². The van der Waals surface area contributed by atoms with Gasteiger partial charge in [-0.15, -0.1) is 23.1 Å². The summed E-state index contributed by atoms with van der Waals surface area (Å²) in [5.41, 5.74) is 7.38. The molecule has 3 aromatic rings. The number of nitrogens with two attached hydrogens (primary N) is 1. The molecule has 118 valence electrons. The van der Waals surface area contributed by atoms with Crippen LogP contribution < -0.4 is 10.5 Å². The van der Waals surface area contributed by atoms with Crippen molar-refractivity contribution in [1.82, 2.24) is 9.97 Å². The van der Waals surface area contributed by atoms with Crippen molar-refractivity contribution in [2.24, 2.45) is 5.73 Å². The van der Waals surface area contributed by atoms with Crippen molar-refractivity contribution in [3.8, 4) is 16.9 Å². The van der Waals surface area contributed by atoms with Gasteiger partial charge < -0.3 is 10.5 Å². The number of aromatic nitrogens is 2. The summed E-state index contributed by atoms with van der Waals surface area (Å²) in [6.45, 7) is 0. The van der Waals surface area contributed by atoms with Gasteiger partial charge in [-0.25, -0.2) is 9.97 Å². The van der Waals surface area contributed by atoms with E-state index in [1.54, 1.807) is 24.8 Å². The second-order valence-corrected chi connectivity index (χ2v) is 6.74. The van der Waals surface area contributed by atoms with E-state index in [9.17, 15) is 4.79 Å². The largest absolute Gasteiger partial charge is 0.497 e. The lowest BCUT2D eigenvalue weighted by molar-refractivity contribution is -0.117. The molecule has 23 heavy (non-hydrogen) atoms. The Morgan fingerprint density at radius 3 is 2.78 bits per heavy atom. The van der Waals surface area contributed by atoms with Crippen LogP contribution in [0.4, 0.5) is 0 Å². The van der Waals surface area contributed by atoms with E-state index in [1.807, 2.05) is 24.3 Å². The van der Waals surface area contributed by atoms with Gasteiger partial charge in [0.1, 0.15) is 21.9 Å². The quantitative estimate of drug-likeness (QED) is 0.547. The van der Waals surface area contributed by atoms with Crippen molar-refractivity contribution in [3.05, 3.63) is 36.0 Å². The highest BCUT2D eigenvalue weighted by Crippen LogP contribution is 2.38. The zero-order valence-corrected chi connectivity index (χ0v) is 14.1. The summed E-state index contributed by atoms with van der Waals surface area (Å²) in [5.74, 6) is 1.13. The van der Waals surface area contributed by atoms with Crippen LogP contribution in [0.1, 0.15) is 6.42 Å². The summed E-state index contributed by atoms with van der Waals surface area (Å²) >= 11 is 3.11. The maximum atomic E-state index is 10.9. The highest BCUT2D eigenvalue weighted by Gasteiger charge is 2.13. The molecule has 5 nitrogen and oxygen atoms in total. The van der Waals surface area contributed by atoms with E-state index in [2.05, 4.69) is 15.3 Å². The van der Waals surface area contributed by atoms with Crippen LogP contribution >= 0.6 is 23.1 Å². The molecule has 0 aliphatic carbocycles. The predicted molar refractivity (Wildman–Crippen MR) is 93.9 cm³/mol. The Labute approximate surface area is 141 Å². The Bertz CT molecular complexity index is 831. The molecule has 0 unspecified atom stereocenters. The molecule has 0 aliphatic rings. The van der Waals surface area contributed by atoms with Crippen LogP contribution in [0.5, 0.6) is 5.75 Å². The van der Waals surface area contributed by atoms with Crippen LogP contribution in [-0.2, 0) is 4.79 Å². The van der Waals surface area contributed by atoms with Gasteiger partial charge in [0.2, 0.25) is 5.91 Å². The summed E-state index contributed by atoms with van der Waals surface area (Å²) in [5, 5.41) is 3.99. The van der Waals surface area contributed by atoms with Gasteiger partial charge in [-0.2, -0.15) is 0 Å². The second-order valence-electron chi connectivity index (χ2n) is 4.80. The third-order valence-electron chi connectivity index (χ3n) is 3.32. The molecule has 0 bridgehead atoms. The molecule has 0 spiro atoms. The Hall–Kier alpha value is -2.12. The number of hydrogen-bond donors (Lipinski definition) is 1. The minimum Gasteiger partial charge on any atom is -0.497 e. The first kappa shape index (κ1) is 15.8. The maximum absolute atomic E-state index is 10.9. The number of methoxy groups -OCH3 is 1. The molecular weight excluding hydrogens is 330 g/mol. The first-order chi connectivity index (χ1) is 11.2. The molecule has 7 heteroatoms. The molecule has 0 saturated carbocycles. The lowest BCUT2D eigenvalue weighted by Gasteiger charge is -2.05. The van der Waals surface area contributed by atoms with Crippen LogP contribution in [0, 0.1) is 0 Å². The minimum atomic E-state index is -0.302. The lowest BCUT2D eigenvalue weighted by atomic mass is 10.1. The number of primary amides is 1. The van der Waals surface area contributed by atoms with Gasteiger partial charge in [0.05, 0.1) is 12.5 Å². The molecule has 0 radical (unpaired) electrons. The number of ether oxygens (including phenoxy) is 1. The number of nitrogens with zero attached hydrogens (tertiary/aromatic N) is 2. The number of thiophene rings is 1. The average molecular weight is 345 g/mol. The summed E-state index contributed by atoms with van der Waals surface area (Å²) in [7, 11) is 1.65. The maximum Gasteiger partial charge on any atom is 0.218 e. The monoisotopic (exact) mass is 345 g/mol. The van der Waals surface area contributed by atoms with E-state index >= 15 is 0 Å². The number of carbonyl (C=O) groups excluding carboxylic acids is 1. The predicted octanol–water partition coefficient (Wildman–Crippen LogP) is 3.33. The summed E-state index contributed by atoms with van der Waals surface area (Å²) in [6, 6.07) is 7.90. The molecule has 2 N–H and O–H groups in total. The normalized spacial score (nSPS) is 10.8. The SMILES string of the molecule is COc1ccc(-c2csc3ncnc(SCCC(N)=O)c23)cc1. The number of carbonyl (C=O) groups is 1. The fraction of sp³-hybridized carbons (Fsp3) is 0.188. The van der Waals surface area contributed by atoms with E-state index in [0.717, 1.165) is 32.1 Å². The third-order valence-corrected chi connectivity index (χ3v) is 5.20. The van der Waals surface area contributed by atoms with Crippen LogP contribution in [-0.4, -0.2) is 28.7 Å². The fourth-order valence-corrected chi connectivity index (χ4v) is 4.14. The van der Waals surface area contributed by atoms with E-state index in [1.165, 1.54) is 11.8 Å². The van der Waals surface area contributed by atoms with Crippen molar-refractivity contribution in [3.63, 3.8) is 0 Å². The highest BCUT2D eigenvalue weighted by molar-refractivity contribution is 7.99. The zero-order valence-electron chi connectivity index (χ0n) is 12.5. The van der Waals surface area contributed by atoms with Gasteiger partial charge in [-0.3, -0.25) is 4.79 Å². The van der Waals surface area contributed by atoms with Gasteiger partial charge in [0.15, 0.2) is 0 Å². The number of fused-ring (bicyclic) bond motifs is 1. The summed E-state index contributed by atoms with van der Waals surface area (Å²) in [6.07, 6.45) is 1.89.